The second-order valence-corrected chi connectivity index (χ2v) is 21.3. The van der Waals surface area contributed by atoms with Crippen LogP contribution in [0.15, 0.2) is 0 Å². The fourth-order valence-electron chi connectivity index (χ4n) is 13.5. The van der Waals surface area contributed by atoms with Crippen molar-refractivity contribution in [3.8, 4) is 0 Å². The van der Waals surface area contributed by atoms with Crippen molar-refractivity contribution in [2.24, 2.45) is 51.2 Å². The minimum absolute atomic E-state index is 0.000105. The van der Waals surface area contributed by atoms with Gasteiger partial charge in [0.05, 0.1) is 40.5 Å². The van der Waals surface area contributed by atoms with Crippen molar-refractivity contribution >= 4 is 29.8 Å². The maximum absolute atomic E-state index is 15.1. The first-order valence-electron chi connectivity index (χ1n) is 22.3. The fraction of sp³-hybridized carbons (Fsp3) is 0.891. The van der Waals surface area contributed by atoms with Crippen LogP contribution in [0.1, 0.15) is 171 Å². The lowest BCUT2D eigenvalue weighted by molar-refractivity contribution is -0.228. The number of ether oxygens (including phenoxy) is 5. The summed E-state index contributed by atoms with van der Waals surface area (Å²) in [5, 5.41) is 11.6. The molecule has 10 atom stereocenters. The van der Waals surface area contributed by atoms with Crippen LogP contribution >= 0.6 is 0 Å². The van der Waals surface area contributed by atoms with E-state index in [0.29, 0.717) is 50.9 Å². The molecule has 7 aliphatic rings. The summed E-state index contributed by atoms with van der Waals surface area (Å²) in [6.45, 7) is 17.0. The predicted octanol–water partition coefficient (Wildman–Crippen LogP) is 8.20. The lowest BCUT2D eigenvalue weighted by atomic mass is 9.52. The first-order valence-corrected chi connectivity index (χ1v) is 22.3. The van der Waals surface area contributed by atoms with Gasteiger partial charge in [-0.1, -0.05) is 33.6 Å². The zero-order chi connectivity index (χ0) is 41.8. The Morgan fingerprint density at radius 1 is 0.754 bits per heavy atom. The molecule has 0 aromatic heterocycles. The highest BCUT2D eigenvalue weighted by Gasteiger charge is 2.62. The molecule has 11 heteroatoms. The van der Waals surface area contributed by atoms with Gasteiger partial charge in [-0.15, -0.1) is 0 Å². The van der Waals surface area contributed by atoms with E-state index in [0.717, 1.165) is 32.1 Å². The number of hydrogen-bond donors (Lipinski definition) is 1. The molecule has 7 rings (SSSR count). The summed E-state index contributed by atoms with van der Waals surface area (Å²) in [5.41, 5.74) is -7.69. The molecule has 6 saturated carbocycles. The molecule has 57 heavy (non-hydrogen) atoms. The molecule has 10 unspecified atom stereocenters. The normalized spacial score (nSPS) is 37.5. The third-order valence-electron chi connectivity index (χ3n) is 15.7. The minimum Gasteiger partial charge on any atom is -0.466 e. The van der Waals surface area contributed by atoms with Crippen molar-refractivity contribution < 1.29 is 52.8 Å². The summed E-state index contributed by atoms with van der Waals surface area (Å²) in [5.74, 6) is -1.15. The van der Waals surface area contributed by atoms with Gasteiger partial charge in [-0.3, -0.25) is 19.2 Å². The van der Waals surface area contributed by atoms with Crippen LogP contribution in [0.25, 0.3) is 0 Å². The first-order chi connectivity index (χ1) is 26.6. The molecule has 1 heterocycles. The van der Waals surface area contributed by atoms with E-state index in [1.807, 2.05) is 6.92 Å². The molecule has 6 aliphatic carbocycles. The second-order valence-electron chi connectivity index (χ2n) is 21.3. The van der Waals surface area contributed by atoms with E-state index in [9.17, 15) is 24.3 Å². The van der Waals surface area contributed by atoms with E-state index in [-0.39, 0.29) is 62.6 Å². The summed E-state index contributed by atoms with van der Waals surface area (Å²) < 4.78 is 30.1. The molecule has 1 aliphatic heterocycles. The number of aliphatic hydroxyl groups is 1. The van der Waals surface area contributed by atoms with Crippen molar-refractivity contribution in [1.82, 2.24) is 0 Å². The molecule has 0 radical (unpaired) electrons. The number of esters is 5. The summed E-state index contributed by atoms with van der Waals surface area (Å²) in [7, 11) is 0. The molecule has 0 aromatic carbocycles. The number of carbonyl (C=O) groups excluding carboxylic acids is 5. The number of hydrogen-bond acceptors (Lipinski definition) is 11. The second kappa shape index (κ2) is 15.7. The van der Waals surface area contributed by atoms with Crippen LogP contribution in [-0.2, 0) is 47.7 Å². The Bertz CT molecular complexity index is 1550. The fourth-order valence-corrected chi connectivity index (χ4v) is 13.5. The summed E-state index contributed by atoms with van der Waals surface area (Å²) in [4.78, 5) is 70.8. The van der Waals surface area contributed by atoms with Crippen LogP contribution in [0.5, 0.6) is 0 Å². The monoisotopic (exact) mass is 801 g/mol. The Hall–Kier alpha value is -2.69. The zero-order valence-electron chi connectivity index (χ0n) is 36.4. The lowest BCUT2D eigenvalue weighted by Crippen LogP contribution is -2.61. The number of cyclic esters (lactones) is 1. The maximum Gasteiger partial charge on any atom is 0.347 e. The molecule has 0 amide bonds. The van der Waals surface area contributed by atoms with Crippen molar-refractivity contribution in [3.05, 3.63) is 0 Å². The highest BCUT2D eigenvalue weighted by atomic mass is 16.6. The van der Waals surface area contributed by atoms with Crippen molar-refractivity contribution in [1.29, 1.82) is 0 Å². The summed E-state index contributed by atoms with van der Waals surface area (Å²) >= 11 is 0. The molecule has 0 spiro atoms. The molecular formula is C46H72O11. The Balaban J connectivity index is 1.35. The molecule has 322 valence electrons. The van der Waals surface area contributed by atoms with E-state index in [1.165, 1.54) is 6.42 Å². The average Bonchev–Trinajstić information content (AvgIpc) is 3.51. The Kier molecular flexibility index (Phi) is 12.1. The highest BCUT2D eigenvalue weighted by Crippen LogP contribution is 2.60. The van der Waals surface area contributed by atoms with Gasteiger partial charge in [0.15, 0.2) is 0 Å². The zero-order valence-corrected chi connectivity index (χ0v) is 36.4. The quantitative estimate of drug-likeness (QED) is 0.119. The Morgan fingerprint density at radius 2 is 1.40 bits per heavy atom. The molecular weight excluding hydrogens is 728 g/mol. The van der Waals surface area contributed by atoms with E-state index in [4.69, 9.17) is 23.7 Å². The molecule has 6 bridgehead atoms. The number of fused-ring (bicyclic) bond motifs is 2. The van der Waals surface area contributed by atoms with Gasteiger partial charge in [-0.25, -0.2) is 4.79 Å². The summed E-state index contributed by atoms with van der Waals surface area (Å²) in [6, 6.07) is 0. The summed E-state index contributed by atoms with van der Waals surface area (Å²) in [6.07, 6.45) is 9.47. The largest absolute Gasteiger partial charge is 0.466 e. The molecule has 11 nitrogen and oxygen atoms in total. The first kappa shape index (κ1) is 43.9. The maximum atomic E-state index is 15.1. The molecule has 1 N–H and O–H groups in total. The van der Waals surface area contributed by atoms with Crippen LogP contribution in [0, 0.1) is 51.2 Å². The number of rotatable bonds is 16. The van der Waals surface area contributed by atoms with Crippen LogP contribution < -0.4 is 0 Å². The third kappa shape index (κ3) is 8.52. The van der Waals surface area contributed by atoms with Gasteiger partial charge in [0.25, 0.3) is 0 Å². The molecule has 7 fully saturated rings. The van der Waals surface area contributed by atoms with E-state index >= 15 is 4.79 Å². The Morgan fingerprint density at radius 3 is 1.98 bits per heavy atom. The SMILES string of the molecule is CCOC(=O)C(C)(CC)CC(C)(CC(C)(CC(C)(C)C(=O)OC1(CC)C(C)CC2CCCC1C2)C(=O)OC1CCOC1=O)C(=O)OC12CC3CC(CC(O)(C3)C1)C2. The van der Waals surface area contributed by atoms with Crippen LogP contribution in [0.2, 0.25) is 0 Å². The van der Waals surface area contributed by atoms with Gasteiger partial charge in [-0.05, 0) is 155 Å². The van der Waals surface area contributed by atoms with Gasteiger partial charge in [0, 0.05) is 12.8 Å². The average molecular weight is 801 g/mol. The molecule has 0 aromatic rings. The van der Waals surface area contributed by atoms with Gasteiger partial charge in [0.1, 0.15) is 11.2 Å². The topological polar surface area (TPSA) is 152 Å². The predicted molar refractivity (Wildman–Crippen MR) is 211 cm³/mol. The molecule has 1 saturated heterocycles. The minimum atomic E-state index is -1.53. The van der Waals surface area contributed by atoms with Gasteiger partial charge >= 0.3 is 29.8 Å². The lowest BCUT2D eigenvalue weighted by Gasteiger charge is -2.59. The highest BCUT2D eigenvalue weighted by molar-refractivity contribution is 5.86. The third-order valence-corrected chi connectivity index (χ3v) is 15.7. The van der Waals surface area contributed by atoms with Crippen LogP contribution in [-0.4, -0.2) is 71.1 Å². The van der Waals surface area contributed by atoms with Crippen molar-refractivity contribution in [3.63, 3.8) is 0 Å². The van der Waals surface area contributed by atoms with Crippen molar-refractivity contribution in [2.75, 3.05) is 13.2 Å². The van der Waals surface area contributed by atoms with E-state index in [2.05, 4.69) is 13.8 Å². The standard InChI is InChI=1S/C46H72O11/c1-10-41(7,37(49)53-12-3)26-43(9,39(51)56-45-23-31-19-32(24-45)22-44(52,21-31)28-45)27-42(8,38(50)55-34-16-17-54-35(34)47)25-40(5,6)36(48)57-46(11-2)29(4)18-30-14-13-15-33(46)20-30/h29-34,52H,10-28H2,1-9H3. The van der Waals surface area contributed by atoms with Gasteiger partial charge < -0.3 is 28.8 Å². The van der Waals surface area contributed by atoms with Crippen LogP contribution in [0.4, 0.5) is 0 Å². The Labute approximate surface area is 340 Å². The van der Waals surface area contributed by atoms with Gasteiger partial charge in [-0.2, -0.15) is 0 Å². The van der Waals surface area contributed by atoms with Crippen LogP contribution in [0.3, 0.4) is 0 Å². The van der Waals surface area contributed by atoms with Crippen molar-refractivity contribution in [2.45, 2.75) is 194 Å². The van der Waals surface area contributed by atoms with E-state index < -0.39 is 74.4 Å². The van der Waals surface area contributed by atoms with E-state index in [1.54, 1.807) is 41.5 Å². The number of carbonyl (C=O) groups is 5. The van der Waals surface area contributed by atoms with Gasteiger partial charge in [0.2, 0.25) is 6.10 Å². The smallest absolute Gasteiger partial charge is 0.347 e.